The quantitative estimate of drug-likeness (QED) is 0.0778. The highest BCUT2D eigenvalue weighted by molar-refractivity contribution is 5.85. The number of nitrogens with one attached hydrogen (secondary N) is 6. The summed E-state index contributed by atoms with van der Waals surface area (Å²) in [4.78, 5) is 0. The second kappa shape index (κ2) is 26.7. The summed E-state index contributed by atoms with van der Waals surface area (Å²) in [6, 6.07) is 17.1. The minimum Gasteiger partial charge on any atom is -0.489 e. The molecular weight excluding hydrogens is 556 g/mol. The highest BCUT2D eigenvalue weighted by atomic mass is 35.5. The van der Waals surface area contributed by atoms with Crippen LogP contribution in [0.3, 0.4) is 0 Å². The first-order chi connectivity index (χ1) is 20.5. The molecule has 0 aliphatic rings. The van der Waals surface area contributed by atoms with Gasteiger partial charge in [0.25, 0.3) is 0 Å². The first kappa shape index (κ1) is 39.3. The van der Waals surface area contributed by atoms with Gasteiger partial charge in [0.2, 0.25) is 0 Å². The molecule has 8 heteroatoms. The molecule has 2 rings (SSSR count). The van der Waals surface area contributed by atoms with E-state index in [1.54, 1.807) is 0 Å². The van der Waals surface area contributed by atoms with Gasteiger partial charge in [-0.25, -0.2) is 0 Å². The predicted molar refractivity (Wildman–Crippen MR) is 188 cm³/mol. The van der Waals surface area contributed by atoms with Crippen LogP contribution in [0.4, 0.5) is 0 Å². The van der Waals surface area contributed by atoms with E-state index in [0.717, 1.165) is 109 Å². The third kappa shape index (κ3) is 22.5. The monoisotopic (exact) mass is 618 g/mol. The molecule has 2 aromatic rings. The molecule has 0 heterocycles. The van der Waals surface area contributed by atoms with Gasteiger partial charge in [-0.05, 0) is 132 Å². The van der Waals surface area contributed by atoms with E-state index in [4.69, 9.17) is 4.74 Å². The van der Waals surface area contributed by atoms with Gasteiger partial charge in [-0.15, -0.1) is 12.4 Å². The van der Waals surface area contributed by atoms with Crippen LogP contribution in [-0.4, -0.2) is 65.4 Å². The Balaban J connectivity index is 0.00000924. The van der Waals surface area contributed by atoms with Crippen molar-refractivity contribution >= 4 is 12.4 Å². The lowest BCUT2D eigenvalue weighted by Crippen LogP contribution is -2.26. The molecule has 0 unspecified atom stereocenters. The summed E-state index contributed by atoms with van der Waals surface area (Å²) in [5, 5.41) is 21.4. The summed E-state index contributed by atoms with van der Waals surface area (Å²) in [5.74, 6) is 2.38. The van der Waals surface area contributed by atoms with Crippen LogP contribution in [0.5, 0.6) is 5.75 Å². The van der Waals surface area contributed by atoms with Crippen LogP contribution >= 0.6 is 12.4 Å². The lowest BCUT2D eigenvalue weighted by molar-refractivity contribution is 0.305. The minimum absolute atomic E-state index is 0. The summed E-state index contributed by atoms with van der Waals surface area (Å²) in [5.41, 5.74) is 3.73. The van der Waals surface area contributed by atoms with Gasteiger partial charge in [-0.3, -0.25) is 0 Å². The zero-order valence-electron chi connectivity index (χ0n) is 27.6. The number of hydrogen-bond donors (Lipinski definition) is 6. The smallest absolute Gasteiger partial charge is 0.120 e. The molecule has 0 saturated heterocycles. The minimum atomic E-state index is 0. The van der Waals surface area contributed by atoms with Crippen LogP contribution in [0.25, 0.3) is 0 Å². The third-order valence-corrected chi connectivity index (χ3v) is 6.87. The summed E-state index contributed by atoms with van der Waals surface area (Å²) < 4.78 is 6.21. The molecule has 43 heavy (non-hydrogen) atoms. The second-order valence-electron chi connectivity index (χ2n) is 12.2. The average Bonchev–Trinajstić information content (AvgIpc) is 2.98. The van der Waals surface area contributed by atoms with Crippen LogP contribution in [0, 0.1) is 11.8 Å². The first-order valence-electron chi connectivity index (χ1n) is 16.6. The van der Waals surface area contributed by atoms with Crippen molar-refractivity contribution in [2.75, 3.05) is 65.4 Å². The molecule has 7 nitrogen and oxygen atoms in total. The van der Waals surface area contributed by atoms with Crippen molar-refractivity contribution < 1.29 is 4.74 Å². The van der Waals surface area contributed by atoms with Crippen molar-refractivity contribution in [1.29, 1.82) is 0 Å². The molecule has 0 atom stereocenters. The molecule has 246 valence electrons. The van der Waals surface area contributed by atoms with E-state index in [1.807, 2.05) is 6.07 Å². The number of benzene rings is 2. The molecule has 0 aromatic heterocycles. The molecule has 6 N–H and O–H groups in total. The van der Waals surface area contributed by atoms with Crippen molar-refractivity contribution in [3.05, 3.63) is 65.2 Å². The van der Waals surface area contributed by atoms with Gasteiger partial charge in [0.1, 0.15) is 12.4 Å². The Kier molecular flexibility index (Phi) is 24.4. The SMILES string of the molecule is CC(C)CNCCCNCCCNCc1cc(CNCCCNCCCNCC(C)C)cc(OCc2ccccc2)c1.Cl. The van der Waals surface area contributed by atoms with Gasteiger partial charge in [-0.2, -0.15) is 0 Å². The van der Waals surface area contributed by atoms with Crippen LogP contribution < -0.4 is 36.6 Å². The number of hydrogen-bond acceptors (Lipinski definition) is 7. The van der Waals surface area contributed by atoms with E-state index in [9.17, 15) is 0 Å². The Morgan fingerprint density at radius 2 is 0.930 bits per heavy atom. The van der Waals surface area contributed by atoms with E-state index >= 15 is 0 Å². The zero-order chi connectivity index (χ0) is 30.1. The van der Waals surface area contributed by atoms with E-state index in [0.29, 0.717) is 6.61 Å². The van der Waals surface area contributed by atoms with Crippen LogP contribution in [0.15, 0.2) is 48.5 Å². The maximum atomic E-state index is 6.21. The Morgan fingerprint density at radius 3 is 1.37 bits per heavy atom. The maximum absolute atomic E-state index is 6.21. The van der Waals surface area contributed by atoms with Crippen LogP contribution in [0.1, 0.15) is 70.1 Å². The average molecular weight is 619 g/mol. The predicted octanol–water partition coefficient (Wildman–Crippen LogP) is 5.10. The highest BCUT2D eigenvalue weighted by Gasteiger charge is 2.04. The van der Waals surface area contributed by atoms with Gasteiger partial charge >= 0.3 is 0 Å². The largest absolute Gasteiger partial charge is 0.489 e. The van der Waals surface area contributed by atoms with Crippen molar-refractivity contribution in [3.8, 4) is 5.75 Å². The Hall–Kier alpha value is -1.71. The number of halogens is 1. The molecule has 0 saturated carbocycles. The van der Waals surface area contributed by atoms with Gasteiger partial charge in [0.15, 0.2) is 0 Å². The summed E-state index contributed by atoms with van der Waals surface area (Å²) in [6.45, 7) is 22.0. The van der Waals surface area contributed by atoms with Gasteiger partial charge in [-0.1, -0.05) is 64.1 Å². The van der Waals surface area contributed by atoms with E-state index in [2.05, 4.69) is 102 Å². The molecule has 0 radical (unpaired) electrons. The molecule has 0 fully saturated rings. The van der Waals surface area contributed by atoms with E-state index in [-0.39, 0.29) is 12.4 Å². The fraction of sp³-hybridized carbons (Fsp3) is 0.657. The molecule has 0 amide bonds. The van der Waals surface area contributed by atoms with Crippen molar-refractivity contribution in [3.63, 3.8) is 0 Å². The molecule has 2 aromatic carbocycles. The number of rotatable bonds is 27. The number of ether oxygens (including phenoxy) is 1. The van der Waals surface area contributed by atoms with Gasteiger partial charge in [0.05, 0.1) is 0 Å². The van der Waals surface area contributed by atoms with E-state index < -0.39 is 0 Å². The highest BCUT2D eigenvalue weighted by Crippen LogP contribution is 2.19. The van der Waals surface area contributed by atoms with Crippen molar-refractivity contribution in [1.82, 2.24) is 31.9 Å². The normalized spacial score (nSPS) is 11.3. The summed E-state index contributed by atoms with van der Waals surface area (Å²) in [6.07, 6.45) is 4.61. The molecule has 0 aliphatic heterocycles. The topological polar surface area (TPSA) is 81.4 Å². The summed E-state index contributed by atoms with van der Waals surface area (Å²) >= 11 is 0. The molecule has 0 aliphatic carbocycles. The Morgan fingerprint density at radius 1 is 0.512 bits per heavy atom. The molecule has 0 spiro atoms. The van der Waals surface area contributed by atoms with E-state index in [1.165, 1.54) is 29.5 Å². The standard InChI is InChI=1S/C35H62N6O.ClH/c1-30(2)25-38-18-8-14-36-16-10-20-40-27-33-22-34(24-35(23-33)42-29-32-12-6-5-7-13-32)28-41-21-11-17-37-15-9-19-39-26-31(3)4;/h5-7,12-13,22-24,30-31,36-41H,8-11,14-21,25-29H2,1-4H3;1H. The van der Waals surface area contributed by atoms with Crippen molar-refractivity contribution in [2.45, 2.75) is 73.1 Å². The Labute approximate surface area is 269 Å². The molecular formula is C35H63ClN6O. The lowest BCUT2D eigenvalue weighted by atomic mass is 10.1. The lowest BCUT2D eigenvalue weighted by Gasteiger charge is -2.13. The Bertz CT molecular complexity index is 851. The fourth-order valence-electron chi connectivity index (χ4n) is 4.61. The zero-order valence-corrected chi connectivity index (χ0v) is 28.4. The van der Waals surface area contributed by atoms with Gasteiger partial charge in [0, 0.05) is 13.1 Å². The molecule has 0 bridgehead atoms. The third-order valence-electron chi connectivity index (χ3n) is 6.87. The fourth-order valence-corrected chi connectivity index (χ4v) is 4.61. The van der Waals surface area contributed by atoms with Crippen LogP contribution in [0.2, 0.25) is 0 Å². The van der Waals surface area contributed by atoms with Crippen LogP contribution in [-0.2, 0) is 19.7 Å². The van der Waals surface area contributed by atoms with Crippen molar-refractivity contribution in [2.24, 2.45) is 11.8 Å². The van der Waals surface area contributed by atoms with Gasteiger partial charge < -0.3 is 36.6 Å². The maximum Gasteiger partial charge on any atom is 0.120 e. The second-order valence-corrected chi connectivity index (χ2v) is 12.2. The summed E-state index contributed by atoms with van der Waals surface area (Å²) in [7, 11) is 0. The first-order valence-corrected chi connectivity index (χ1v) is 16.6.